The smallest absolute Gasteiger partial charge is 0.394 e. The largest absolute Gasteiger partial charge is 1.00 e. The molecule has 0 amide bonds. The van der Waals surface area contributed by atoms with E-state index in [1.165, 1.54) is 0 Å². The van der Waals surface area contributed by atoms with E-state index in [0.29, 0.717) is 6.54 Å². The highest BCUT2D eigenvalue weighted by Gasteiger charge is 2.43. The summed E-state index contributed by atoms with van der Waals surface area (Å²) >= 11 is 0. The second-order valence-electron chi connectivity index (χ2n) is 3.80. The molecule has 0 saturated carbocycles. The van der Waals surface area contributed by atoms with Crippen LogP contribution in [0.2, 0.25) is 0 Å². The van der Waals surface area contributed by atoms with Crippen LogP contribution in [0.5, 0.6) is 0 Å². The first-order valence-electron chi connectivity index (χ1n) is 4.23. The molecule has 84 valence electrons. The molecule has 0 fully saturated rings. The van der Waals surface area contributed by atoms with Crippen molar-refractivity contribution in [3.8, 4) is 0 Å². The van der Waals surface area contributed by atoms with Gasteiger partial charge < -0.3 is 12.4 Å². The number of hydrogen-bond acceptors (Lipinski definition) is 3. The van der Waals surface area contributed by atoms with Gasteiger partial charge in [0.15, 0.2) is 5.54 Å². The molecule has 0 saturated heterocycles. The molecule has 0 aliphatic carbocycles. The Balaban J connectivity index is 0. The minimum absolute atomic E-state index is 0. The van der Waals surface area contributed by atoms with Crippen molar-refractivity contribution in [1.82, 2.24) is 0 Å². The maximum atomic E-state index is 10.9. The van der Waals surface area contributed by atoms with Gasteiger partial charge in [-0.25, -0.2) is 9.63 Å². The lowest BCUT2D eigenvalue weighted by Crippen LogP contribution is -3.00. The molecule has 14 heavy (non-hydrogen) atoms. The van der Waals surface area contributed by atoms with Crippen molar-refractivity contribution in [2.24, 2.45) is 0 Å². The third-order valence-electron chi connectivity index (χ3n) is 1.88. The molecule has 1 unspecified atom stereocenters. The summed E-state index contributed by atoms with van der Waals surface area (Å²) in [5.74, 6) is -0.626. The fourth-order valence-electron chi connectivity index (χ4n) is 0.862. The number of carbonyl (C=O) groups is 1. The molecule has 0 rings (SSSR count). The minimum atomic E-state index is -0.738. The van der Waals surface area contributed by atoms with E-state index in [1.54, 1.807) is 27.7 Å². The zero-order valence-electron chi connectivity index (χ0n) is 9.08. The summed E-state index contributed by atoms with van der Waals surface area (Å²) in [4.78, 5) is 15.0. The van der Waals surface area contributed by atoms with Crippen molar-refractivity contribution in [3.05, 3.63) is 12.7 Å². The first-order chi connectivity index (χ1) is 5.77. The summed E-state index contributed by atoms with van der Waals surface area (Å²) in [6, 6.07) is 0. The average Bonchev–Trinajstić information content (AvgIpc) is 2.02. The van der Waals surface area contributed by atoms with Crippen LogP contribution in [-0.2, 0) is 9.63 Å². The quantitative estimate of drug-likeness (QED) is 0.366. The van der Waals surface area contributed by atoms with Crippen molar-refractivity contribution >= 4 is 5.97 Å². The van der Waals surface area contributed by atoms with Crippen LogP contribution in [0.1, 0.15) is 27.7 Å². The summed E-state index contributed by atoms with van der Waals surface area (Å²) in [6.07, 6.45) is 1.03. The zero-order valence-corrected chi connectivity index (χ0v) is 9.84. The number of hydrogen-bond donors (Lipinski definition) is 1. The monoisotopic (exact) mass is 223 g/mol. The molecule has 0 aliphatic rings. The summed E-state index contributed by atoms with van der Waals surface area (Å²) in [7, 11) is 0. The predicted molar refractivity (Wildman–Crippen MR) is 48.6 cm³/mol. The molecule has 0 bridgehead atoms. The van der Waals surface area contributed by atoms with Gasteiger partial charge in [-0.15, -0.1) is 0 Å². The van der Waals surface area contributed by atoms with Crippen LogP contribution >= 0.6 is 0 Å². The summed E-state index contributed by atoms with van der Waals surface area (Å²) in [5, 5.41) is 9.90. The van der Waals surface area contributed by atoms with Crippen molar-refractivity contribution in [3.63, 3.8) is 0 Å². The van der Waals surface area contributed by atoms with Gasteiger partial charge in [0.25, 0.3) is 0 Å². The Morgan fingerprint density at radius 1 is 1.57 bits per heavy atom. The van der Waals surface area contributed by atoms with E-state index in [1.807, 2.05) is 0 Å². The lowest BCUT2D eigenvalue weighted by molar-refractivity contribution is -1.26. The van der Waals surface area contributed by atoms with E-state index in [2.05, 4.69) is 6.58 Å². The lowest BCUT2D eigenvalue weighted by atomic mass is 10.1. The molecular formula is C9H18ClNO3. The Hall–Kier alpha value is -0.580. The van der Waals surface area contributed by atoms with Crippen LogP contribution in [0.15, 0.2) is 12.7 Å². The van der Waals surface area contributed by atoms with Gasteiger partial charge in [-0.1, -0.05) is 6.58 Å². The summed E-state index contributed by atoms with van der Waals surface area (Å²) in [6.45, 7) is 10.7. The van der Waals surface area contributed by atoms with Crippen molar-refractivity contribution in [2.75, 3.05) is 6.54 Å². The van der Waals surface area contributed by atoms with E-state index >= 15 is 0 Å². The molecule has 0 aliphatic heterocycles. The Kier molecular flexibility index (Phi) is 6.05. The van der Waals surface area contributed by atoms with Crippen LogP contribution in [0.3, 0.4) is 0 Å². The number of quaternary nitrogens is 1. The molecule has 0 aromatic heterocycles. The number of hydroxylamine groups is 4. The molecule has 0 aromatic rings. The molecule has 4 nitrogen and oxygen atoms in total. The fourth-order valence-corrected chi connectivity index (χ4v) is 0.862. The van der Waals surface area contributed by atoms with Crippen molar-refractivity contribution < 1.29 is 32.1 Å². The highest BCUT2D eigenvalue weighted by molar-refractivity contribution is 5.80. The van der Waals surface area contributed by atoms with Gasteiger partial charge in [-0.05, 0) is 27.7 Å². The SMILES string of the molecule is C=CC(=O)O[N+](O)(CC)C(C)(C)C.[Cl-]. The Bertz CT molecular complexity index is 213. The fraction of sp³-hybridized carbons (Fsp3) is 0.667. The van der Waals surface area contributed by atoms with Gasteiger partial charge in [0.05, 0.1) is 0 Å². The predicted octanol–water partition coefficient (Wildman–Crippen LogP) is -1.34. The molecule has 0 spiro atoms. The third-order valence-corrected chi connectivity index (χ3v) is 1.88. The van der Waals surface area contributed by atoms with Crippen LogP contribution < -0.4 is 12.4 Å². The van der Waals surface area contributed by atoms with Gasteiger partial charge in [0.2, 0.25) is 0 Å². The Morgan fingerprint density at radius 3 is 2.21 bits per heavy atom. The molecule has 1 atom stereocenters. The first kappa shape index (κ1) is 15.9. The van der Waals surface area contributed by atoms with Crippen LogP contribution in [0.4, 0.5) is 0 Å². The van der Waals surface area contributed by atoms with Gasteiger partial charge in [-0.2, -0.15) is 5.21 Å². The summed E-state index contributed by atoms with van der Waals surface area (Å²) < 4.78 is 0. The van der Waals surface area contributed by atoms with Crippen LogP contribution in [0, 0.1) is 0 Å². The van der Waals surface area contributed by atoms with E-state index in [0.717, 1.165) is 6.08 Å². The number of nitrogens with zero attached hydrogens (tertiary/aromatic N) is 1. The van der Waals surface area contributed by atoms with E-state index < -0.39 is 16.3 Å². The van der Waals surface area contributed by atoms with E-state index in [4.69, 9.17) is 4.84 Å². The number of halogens is 1. The third kappa shape index (κ3) is 3.65. The maximum Gasteiger partial charge on any atom is 0.394 e. The average molecular weight is 224 g/mol. The van der Waals surface area contributed by atoms with Crippen molar-refractivity contribution in [2.45, 2.75) is 33.2 Å². The molecule has 0 heterocycles. The molecule has 0 radical (unpaired) electrons. The lowest BCUT2D eigenvalue weighted by Gasteiger charge is -2.35. The second kappa shape index (κ2) is 5.34. The normalized spacial score (nSPS) is 14.9. The van der Waals surface area contributed by atoms with Gasteiger partial charge in [0, 0.05) is 10.9 Å². The maximum absolute atomic E-state index is 10.9. The molecular weight excluding hydrogens is 206 g/mol. The van der Waals surface area contributed by atoms with Crippen LogP contribution in [0.25, 0.3) is 0 Å². The molecule has 5 heteroatoms. The Morgan fingerprint density at radius 2 is 2.00 bits per heavy atom. The van der Waals surface area contributed by atoms with Crippen molar-refractivity contribution in [1.29, 1.82) is 0 Å². The van der Waals surface area contributed by atoms with Crippen LogP contribution in [-0.4, -0.2) is 28.1 Å². The highest BCUT2D eigenvalue weighted by Crippen LogP contribution is 2.21. The minimum Gasteiger partial charge on any atom is -1.00 e. The number of rotatable bonds is 3. The van der Waals surface area contributed by atoms with Gasteiger partial charge in [0.1, 0.15) is 6.54 Å². The Labute approximate surface area is 91.1 Å². The molecule has 1 N–H and O–H groups in total. The zero-order chi connectivity index (χ0) is 10.7. The summed E-state index contributed by atoms with van der Waals surface area (Å²) in [5.41, 5.74) is -0.562. The van der Waals surface area contributed by atoms with Gasteiger partial charge in [-0.3, -0.25) is 0 Å². The molecule has 0 aromatic carbocycles. The number of carbonyl (C=O) groups excluding carboxylic acids is 1. The van der Waals surface area contributed by atoms with Gasteiger partial charge >= 0.3 is 5.97 Å². The van der Waals surface area contributed by atoms with E-state index in [-0.39, 0.29) is 12.4 Å². The standard InChI is InChI=1S/C9H18NO3.ClH/c1-6-8(11)13-10(12,7-2)9(3,4)5;/h6,12H,1,7H2,2-5H3;1H/q+1;/p-1. The second-order valence-corrected chi connectivity index (χ2v) is 3.80. The highest BCUT2D eigenvalue weighted by atomic mass is 35.5. The first-order valence-corrected chi connectivity index (χ1v) is 4.23. The topological polar surface area (TPSA) is 46.5 Å². The van der Waals surface area contributed by atoms with E-state index in [9.17, 15) is 10.0 Å².